The molecule has 2 aliphatic heterocycles. The van der Waals surface area contributed by atoms with E-state index in [4.69, 9.17) is 27.9 Å². The van der Waals surface area contributed by atoms with E-state index in [0.29, 0.717) is 37.9 Å². The van der Waals surface area contributed by atoms with E-state index in [2.05, 4.69) is 26.3 Å². The lowest BCUT2D eigenvalue weighted by atomic mass is 9.49. The Morgan fingerprint density at radius 1 is 1.04 bits per heavy atom. The lowest BCUT2D eigenvalue weighted by Crippen LogP contribution is -2.53. The third kappa shape index (κ3) is 4.93. The van der Waals surface area contributed by atoms with Crippen LogP contribution in [0.15, 0.2) is 64.8 Å². The number of halogens is 6. The van der Waals surface area contributed by atoms with E-state index < -0.39 is 69.5 Å². The molecular weight excluding hydrogens is 768 g/mol. The quantitative estimate of drug-likeness (QED) is 0.222. The monoisotopic (exact) mass is 792 g/mol. The average Bonchev–Trinajstić information content (AvgIpc) is 3.42. The van der Waals surface area contributed by atoms with Crippen LogP contribution in [0.3, 0.4) is 0 Å². The molecule has 260 valence electrons. The fraction of sp³-hybridized carbons (Fsp3) is 0.324. The van der Waals surface area contributed by atoms with Crippen LogP contribution in [0.25, 0.3) is 0 Å². The number of nitrogens with one attached hydrogen (secondary N) is 1. The predicted octanol–water partition coefficient (Wildman–Crippen LogP) is 6.50. The number of allylic oxidation sites excluding steroid dienone is 2. The SMILES string of the molecule is COc1cc(Br)cc(C2C3=CCC4C(=O)N(C)C(=O)C4C3CC3C(=O)N(Nc4ncc(C(F)(F)F)cc4Cl)C(=O)C32c2ccc(Cl)cc2)c1O. The molecule has 3 aromatic rings. The smallest absolute Gasteiger partial charge is 0.417 e. The summed E-state index contributed by atoms with van der Waals surface area (Å²) < 4.78 is 46.1. The minimum Gasteiger partial charge on any atom is -0.504 e. The van der Waals surface area contributed by atoms with E-state index >= 15 is 4.79 Å². The van der Waals surface area contributed by atoms with Crippen molar-refractivity contribution >= 4 is 68.6 Å². The number of fused-ring (bicyclic) bond motifs is 4. The standard InChI is InChI=1S/C34H26BrCl2F3N4O6/c1-43-29(46)19-8-7-18-20(25(19)31(43)48)12-22-30(47)44(42-28-23(37)9-15(13-41-28)34(38,39)40)32(49)33(22,14-3-5-17(36)6-4-14)26(18)21-10-16(35)11-24(50-2)27(21)45/h3-7,9-11,13,19-20,22,25-26,45H,8,12H2,1-2H3,(H,41,42). The van der Waals surface area contributed by atoms with Crippen molar-refractivity contribution in [3.05, 3.63) is 91.5 Å². The van der Waals surface area contributed by atoms with Crippen molar-refractivity contribution in [1.29, 1.82) is 0 Å². The van der Waals surface area contributed by atoms with Gasteiger partial charge in [-0.05, 0) is 54.7 Å². The van der Waals surface area contributed by atoms with Gasteiger partial charge in [-0.1, -0.05) is 62.9 Å². The largest absolute Gasteiger partial charge is 0.504 e. The molecular formula is C34H26BrCl2F3N4O6. The lowest BCUT2D eigenvalue weighted by Gasteiger charge is -2.50. The summed E-state index contributed by atoms with van der Waals surface area (Å²) in [4.78, 5) is 61.5. The van der Waals surface area contributed by atoms with Crippen LogP contribution in [-0.4, -0.2) is 57.8 Å². The summed E-state index contributed by atoms with van der Waals surface area (Å²) >= 11 is 16.0. The fourth-order valence-electron chi connectivity index (χ4n) is 8.25. The van der Waals surface area contributed by atoms with Crippen LogP contribution in [-0.2, 0) is 30.8 Å². The molecule has 4 amide bonds. The zero-order valence-electron chi connectivity index (χ0n) is 26.1. The zero-order valence-corrected chi connectivity index (χ0v) is 29.2. The topological polar surface area (TPSA) is 129 Å². The molecule has 4 aliphatic rings. The number of carbonyl (C=O) groups is 4. The lowest BCUT2D eigenvalue weighted by molar-refractivity contribution is -0.140. The first kappa shape index (κ1) is 34.3. The Morgan fingerprint density at radius 2 is 1.74 bits per heavy atom. The number of hydrogen-bond acceptors (Lipinski definition) is 8. The number of aromatic nitrogens is 1. The third-order valence-corrected chi connectivity index (χ3v) is 11.4. The van der Waals surface area contributed by atoms with Gasteiger partial charge in [0.2, 0.25) is 11.8 Å². The minimum atomic E-state index is -4.75. The summed E-state index contributed by atoms with van der Waals surface area (Å²) in [5.41, 5.74) is 0.732. The average molecular weight is 794 g/mol. The van der Waals surface area contributed by atoms with Crippen molar-refractivity contribution in [2.75, 3.05) is 19.6 Å². The number of phenolic OH excluding ortho intramolecular Hbond substituents is 1. The first-order valence-electron chi connectivity index (χ1n) is 15.3. The molecule has 7 rings (SSSR count). The highest BCUT2D eigenvalue weighted by Crippen LogP contribution is 2.65. The van der Waals surface area contributed by atoms with E-state index in [1.165, 1.54) is 20.2 Å². The molecule has 2 N–H and O–H groups in total. The Morgan fingerprint density at radius 3 is 2.38 bits per heavy atom. The summed E-state index contributed by atoms with van der Waals surface area (Å²) in [6.07, 6.45) is -2.30. The zero-order chi connectivity index (χ0) is 36.0. The molecule has 2 aliphatic carbocycles. The highest BCUT2D eigenvalue weighted by Gasteiger charge is 2.70. The molecule has 50 heavy (non-hydrogen) atoms. The van der Waals surface area contributed by atoms with Gasteiger partial charge in [0.05, 0.1) is 40.9 Å². The van der Waals surface area contributed by atoms with Gasteiger partial charge in [0.1, 0.15) is 0 Å². The van der Waals surface area contributed by atoms with Crippen molar-refractivity contribution in [2.24, 2.45) is 23.7 Å². The highest BCUT2D eigenvalue weighted by molar-refractivity contribution is 9.10. The Kier molecular flexibility index (Phi) is 8.22. The minimum absolute atomic E-state index is 0.0538. The first-order chi connectivity index (χ1) is 23.6. The number of pyridine rings is 1. The van der Waals surface area contributed by atoms with Crippen LogP contribution < -0.4 is 10.2 Å². The number of phenols is 1. The van der Waals surface area contributed by atoms with Gasteiger partial charge < -0.3 is 9.84 Å². The van der Waals surface area contributed by atoms with Crippen molar-refractivity contribution < 1.29 is 42.2 Å². The summed E-state index contributed by atoms with van der Waals surface area (Å²) in [6, 6.07) is 10.0. The molecule has 0 bridgehead atoms. The summed E-state index contributed by atoms with van der Waals surface area (Å²) in [5.74, 6) is -7.58. The van der Waals surface area contributed by atoms with Gasteiger partial charge in [0.25, 0.3) is 11.8 Å². The van der Waals surface area contributed by atoms with Crippen molar-refractivity contribution in [3.8, 4) is 11.5 Å². The number of alkyl halides is 3. The maximum atomic E-state index is 15.2. The Hall–Kier alpha value is -4.14. The molecule has 3 heterocycles. The van der Waals surface area contributed by atoms with Crippen LogP contribution in [0, 0.1) is 23.7 Å². The van der Waals surface area contributed by atoms with E-state index in [-0.39, 0.29) is 41.6 Å². The Bertz CT molecular complexity index is 2030. The Balaban J connectivity index is 1.48. The number of benzene rings is 2. The maximum absolute atomic E-state index is 15.2. The van der Waals surface area contributed by atoms with Gasteiger partial charge in [-0.25, -0.2) is 4.98 Å². The molecule has 3 fully saturated rings. The second-order valence-electron chi connectivity index (χ2n) is 12.7. The number of likely N-dealkylation sites (tertiary alicyclic amines) is 1. The number of rotatable bonds is 5. The van der Waals surface area contributed by atoms with Gasteiger partial charge >= 0.3 is 6.18 Å². The highest BCUT2D eigenvalue weighted by atomic mass is 79.9. The van der Waals surface area contributed by atoms with Crippen molar-refractivity contribution in [1.82, 2.24) is 14.9 Å². The third-order valence-electron chi connectivity index (χ3n) is 10.4. The molecule has 6 unspecified atom stereocenters. The number of methoxy groups -OCH3 is 1. The van der Waals surface area contributed by atoms with Crippen LogP contribution in [0.2, 0.25) is 10.0 Å². The van der Waals surface area contributed by atoms with Crippen molar-refractivity contribution in [3.63, 3.8) is 0 Å². The summed E-state index contributed by atoms with van der Waals surface area (Å²) in [5, 5.41) is 12.2. The van der Waals surface area contributed by atoms with E-state index in [9.17, 15) is 32.7 Å². The molecule has 0 spiro atoms. The molecule has 6 atom stereocenters. The molecule has 16 heteroatoms. The number of hydrogen-bond donors (Lipinski definition) is 2. The maximum Gasteiger partial charge on any atom is 0.417 e. The summed E-state index contributed by atoms with van der Waals surface area (Å²) in [6.45, 7) is 0. The fourth-order valence-corrected chi connectivity index (χ4v) is 9.04. The first-order valence-corrected chi connectivity index (χ1v) is 16.9. The number of carbonyl (C=O) groups excluding carboxylic acids is 4. The molecule has 10 nitrogen and oxygen atoms in total. The molecule has 2 saturated heterocycles. The summed E-state index contributed by atoms with van der Waals surface area (Å²) in [7, 11) is 2.76. The number of nitrogens with zero attached hydrogens (tertiary/aromatic N) is 3. The number of hydrazine groups is 1. The van der Waals surface area contributed by atoms with Crippen molar-refractivity contribution in [2.45, 2.75) is 30.4 Å². The van der Waals surface area contributed by atoms with E-state index in [1.807, 2.05) is 6.08 Å². The van der Waals surface area contributed by atoms with Gasteiger partial charge in [-0.2, -0.15) is 18.2 Å². The second-order valence-corrected chi connectivity index (χ2v) is 14.5. The van der Waals surface area contributed by atoms with Gasteiger partial charge in [0, 0.05) is 34.2 Å². The van der Waals surface area contributed by atoms with Crippen LogP contribution >= 0.6 is 39.1 Å². The van der Waals surface area contributed by atoms with E-state index in [0.717, 1.165) is 4.90 Å². The molecule has 2 aromatic carbocycles. The normalized spacial score (nSPS) is 27.6. The van der Waals surface area contributed by atoms with Crippen LogP contribution in [0.4, 0.5) is 19.0 Å². The predicted molar refractivity (Wildman–Crippen MR) is 177 cm³/mol. The Labute approximate surface area is 301 Å². The second kappa shape index (κ2) is 12.0. The number of aromatic hydroxyl groups is 1. The number of imide groups is 2. The number of anilines is 1. The van der Waals surface area contributed by atoms with Gasteiger partial charge in [0.15, 0.2) is 17.3 Å². The van der Waals surface area contributed by atoms with Crippen LogP contribution in [0.1, 0.15) is 35.4 Å². The van der Waals surface area contributed by atoms with Crippen LogP contribution in [0.5, 0.6) is 11.5 Å². The molecule has 1 aromatic heterocycles. The molecule has 0 radical (unpaired) electrons. The van der Waals surface area contributed by atoms with Gasteiger partial charge in [-0.15, -0.1) is 0 Å². The molecule has 1 saturated carbocycles. The number of amides is 4. The number of ether oxygens (including phenoxy) is 1. The van der Waals surface area contributed by atoms with E-state index in [1.54, 1.807) is 30.3 Å². The van der Waals surface area contributed by atoms with Gasteiger partial charge in [-0.3, -0.25) is 29.5 Å².